The third kappa shape index (κ3) is 2.83. The summed E-state index contributed by atoms with van der Waals surface area (Å²) in [5, 5.41) is 0.148. The van der Waals surface area contributed by atoms with E-state index in [1.165, 1.54) is 6.33 Å². The molecule has 0 spiro atoms. The monoisotopic (exact) mass is 347 g/mol. The lowest BCUT2D eigenvalue weighted by Gasteiger charge is -2.17. The normalized spacial score (nSPS) is 25.9. The Morgan fingerprint density at radius 2 is 2.27 bits per heavy atom. The zero-order chi connectivity index (χ0) is 16.1. The third-order valence-corrected chi connectivity index (χ3v) is 5.65. The first kappa shape index (κ1) is 15.6. The van der Waals surface area contributed by atoms with Crippen molar-refractivity contribution in [2.75, 3.05) is 19.1 Å². The van der Waals surface area contributed by atoms with Crippen LogP contribution >= 0.6 is 18.7 Å². The maximum absolute atomic E-state index is 14.2. The Balaban J connectivity index is 1.86. The first-order valence-electron chi connectivity index (χ1n) is 6.73. The second-order valence-corrected chi connectivity index (χ2v) is 9.56. The molecule has 2 aromatic rings. The summed E-state index contributed by atoms with van der Waals surface area (Å²) >= 11 is 5.95. The van der Waals surface area contributed by atoms with Crippen LogP contribution in [0.1, 0.15) is 6.42 Å². The maximum Gasteiger partial charge on any atom is 0.223 e. The minimum absolute atomic E-state index is 0.0212. The molecule has 2 aromatic heterocycles. The van der Waals surface area contributed by atoms with Gasteiger partial charge in [0.2, 0.25) is 5.95 Å². The number of aromatic nitrogens is 4. The minimum Gasteiger partial charge on any atom is -0.368 e. The van der Waals surface area contributed by atoms with Crippen molar-refractivity contribution in [2.45, 2.75) is 31.1 Å². The van der Waals surface area contributed by atoms with Gasteiger partial charge in [-0.15, -0.1) is 0 Å². The first-order valence-corrected chi connectivity index (χ1v) is 9.78. The quantitative estimate of drug-likeness (QED) is 0.675. The first-order chi connectivity index (χ1) is 10.3. The molecule has 0 amide bonds. The average molecular weight is 348 g/mol. The van der Waals surface area contributed by atoms with Gasteiger partial charge in [-0.1, -0.05) is 11.6 Å². The van der Waals surface area contributed by atoms with Crippen molar-refractivity contribution in [3.05, 3.63) is 11.5 Å². The fourth-order valence-corrected chi connectivity index (χ4v) is 3.88. The molecule has 0 radical (unpaired) electrons. The topological polar surface area (TPSA) is 95.9 Å². The van der Waals surface area contributed by atoms with Crippen LogP contribution in [-0.2, 0) is 15.8 Å². The van der Waals surface area contributed by atoms with Gasteiger partial charge < -0.3 is 19.6 Å². The Bertz CT molecular complexity index is 763. The molecule has 3 rings (SSSR count). The van der Waals surface area contributed by atoms with Gasteiger partial charge in [-0.2, -0.15) is 9.97 Å². The molecule has 0 unspecified atom stereocenters. The number of nitrogen functional groups attached to an aromatic ring is 1. The van der Waals surface area contributed by atoms with Crippen molar-refractivity contribution in [1.82, 2.24) is 19.5 Å². The SMILES string of the molecule is CP(C)(=O)[C@H]1C[C@@H](F)[C@@H](Cn2cnc3c(Cl)nc(N)nc32)O1. The second-order valence-electron chi connectivity index (χ2n) is 5.76. The van der Waals surface area contributed by atoms with Crippen molar-refractivity contribution in [2.24, 2.45) is 0 Å². The Morgan fingerprint density at radius 1 is 1.55 bits per heavy atom. The van der Waals surface area contributed by atoms with Crippen LogP contribution in [-0.4, -0.2) is 51.0 Å². The summed E-state index contributed by atoms with van der Waals surface area (Å²) in [4.78, 5) is 12.0. The zero-order valence-electron chi connectivity index (χ0n) is 12.1. The molecule has 3 heterocycles. The van der Waals surface area contributed by atoms with Gasteiger partial charge in [-0.05, 0) is 13.3 Å². The predicted molar refractivity (Wildman–Crippen MR) is 82.4 cm³/mol. The highest BCUT2D eigenvalue weighted by molar-refractivity contribution is 7.62. The van der Waals surface area contributed by atoms with E-state index in [1.807, 2.05) is 0 Å². The Hall–Kier alpha value is -1.24. The highest BCUT2D eigenvalue weighted by atomic mass is 35.5. The van der Waals surface area contributed by atoms with E-state index in [1.54, 1.807) is 17.9 Å². The molecule has 1 aliphatic rings. The summed E-state index contributed by atoms with van der Waals surface area (Å²) in [5.74, 6) is -0.529. The molecule has 1 aliphatic heterocycles. The molecule has 1 saturated heterocycles. The summed E-state index contributed by atoms with van der Waals surface area (Å²) < 4.78 is 33.4. The van der Waals surface area contributed by atoms with E-state index in [4.69, 9.17) is 22.1 Å². The number of fused-ring (bicyclic) bond motifs is 1. The van der Waals surface area contributed by atoms with Crippen molar-refractivity contribution in [3.63, 3.8) is 0 Å². The highest BCUT2D eigenvalue weighted by Crippen LogP contribution is 2.49. The Morgan fingerprint density at radius 3 is 2.91 bits per heavy atom. The molecule has 120 valence electrons. The van der Waals surface area contributed by atoms with Gasteiger partial charge in [-0.25, -0.2) is 9.37 Å². The molecular weight excluding hydrogens is 332 g/mol. The summed E-state index contributed by atoms with van der Waals surface area (Å²) in [7, 11) is -2.50. The third-order valence-electron chi connectivity index (χ3n) is 3.67. The van der Waals surface area contributed by atoms with Gasteiger partial charge in [0.15, 0.2) is 10.8 Å². The molecule has 2 N–H and O–H groups in total. The standard InChI is InChI=1S/C12H16ClFN5O2P/c1-22(2,20)8-3-6(14)7(21-8)4-19-5-16-9-10(13)17-12(15)18-11(9)19/h5-8H,3-4H2,1-2H3,(H2,15,17,18)/t6-,7-,8+/m1/s1. The Kier molecular flexibility index (Phi) is 3.87. The van der Waals surface area contributed by atoms with Crippen molar-refractivity contribution in [1.29, 1.82) is 0 Å². The molecule has 0 aliphatic carbocycles. The van der Waals surface area contributed by atoms with E-state index in [-0.39, 0.29) is 24.1 Å². The van der Waals surface area contributed by atoms with E-state index in [9.17, 15) is 8.96 Å². The van der Waals surface area contributed by atoms with Gasteiger partial charge in [0.25, 0.3) is 0 Å². The van der Waals surface area contributed by atoms with Gasteiger partial charge >= 0.3 is 0 Å². The van der Waals surface area contributed by atoms with Gasteiger partial charge in [0, 0.05) is 6.42 Å². The van der Waals surface area contributed by atoms with Crippen LogP contribution in [0.4, 0.5) is 10.3 Å². The molecular formula is C12H16ClFN5O2P. The Labute approximate surface area is 131 Å². The predicted octanol–water partition coefficient (Wildman–Crippen LogP) is 2.14. The number of imidazole rings is 1. The lowest BCUT2D eigenvalue weighted by molar-refractivity contribution is 0.0488. The van der Waals surface area contributed by atoms with Crippen molar-refractivity contribution in [3.8, 4) is 0 Å². The van der Waals surface area contributed by atoms with Gasteiger partial charge in [-0.3, -0.25) is 0 Å². The summed E-state index contributed by atoms with van der Waals surface area (Å²) in [6, 6.07) is 0. The number of halogens is 2. The lowest BCUT2D eigenvalue weighted by atomic mass is 10.2. The summed E-state index contributed by atoms with van der Waals surface area (Å²) in [6.07, 6.45) is -0.263. The van der Waals surface area contributed by atoms with Gasteiger partial charge in [0.05, 0.1) is 12.9 Å². The number of nitrogens with two attached hydrogens (primary N) is 1. The average Bonchev–Trinajstić information content (AvgIpc) is 2.95. The number of hydrogen-bond donors (Lipinski definition) is 1. The number of nitrogens with zero attached hydrogens (tertiary/aromatic N) is 4. The number of ether oxygens (including phenoxy) is 1. The number of rotatable bonds is 3. The molecule has 7 nitrogen and oxygen atoms in total. The minimum atomic E-state index is -2.50. The number of hydrogen-bond acceptors (Lipinski definition) is 6. The van der Waals surface area contributed by atoms with E-state index in [2.05, 4.69) is 15.0 Å². The van der Waals surface area contributed by atoms with E-state index in [0.717, 1.165) is 0 Å². The molecule has 3 atom stereocenters. The van der Waals surface area contributed by atoms with Crippen LogP contribution in [0.25, 0.3) is 11.2 Å². The van der Waals surface area contributed by atoms with E-state index < -0.39 is 25.3 Å². The molecule has 0 bridgehead atoms. The van der Waals surface area contributed by atoms with Crippen molar-refractivity contribution >= 4 is 35.9 Å². The largest absolute Gasteiger partial charge is 0.368 e. The molecule has 0 aromatic carbocycles. The van der Waals surface area contributed by atoms with Crippen molar-refractivity contribution < 1.29 is 13.7 Å². The lowest BCUT2D eigenvalue weighted by Crippen LogP contribution is -2.23. The fourth-order valence-electron chi connectivity index (χ4n) is 2.50. The van der Waals surface area contributed by atoms with Gasteiger partial charge in [0.1, 0.15) is 30.8 Å². The molecule has 10 heteroatoms. The van der Waals surface area contributed by atoms with E-state index >= 15 is 0 Å². The highest BCUT2D eigenvalue weighted by Gasteiger charge is 2.41. The van der Waals surface area contributed by atoms with Crippen LogP contribution < -0.4 is 5.73 Å². The smallest absolute Gasteiger partial charge is 0.223 e. The zero-order valence-corrected chi connectivity index (χ0v) is 13.8. The van der Waals surface area contributed by atoms with Crippen LogP contribution in [0.15, 0.2) is 6.33 Å². The summed E-state index contributed by atoms with van der Waals surface area (Å²) in [6.45, 7) is 3.40. The number of alkyl halides is 1. The van der Waals surface area contributed by atoms with Crippen LogP contribution in [0.5, 0.6) is 0 Å². The van der Waals surface area contributed by atoms with Crippen LogP contribution in [0, 0.1) is 0 Å². The van der Waals surface area contributed by atoms with E-state index in [0.29, 0.717) is 11.2 Å². The molecule has 22 heavy (non-hydrogen) atoms. The van der Waals surface area contributed by atoms with Crippen LogP contribution in [0.2, 0.25) is 5.15 Å². The number of anilines is 1. The molecule has 0 saturated carbocycles. The molecule has 1 fully saturated rings. The maximum atomic E-state index is 14.2. The second kappa shape index (κ2) is 5.44. The summed E-state index contributed by atoms with van der Waals surface area (Å²) in [5.41, 5.74) is 6.40. The fraction of sp³-hybridized carbons (Fsp3) is 0.583. The van der Waals surface area contributed by atoms with Crippen LogP contribution in [0.3, 0.4) is 0 Å².